The third kappa shape index (κ3) is 4.86. The van der Waals surface area contributed by atoms with Crippen molar-refractivity contribution >= 4 is 50.2 Å². The van der Waals surface area contributed by atoms with Crippen LogP contribution in [0.3, 0.4) is 0 Å². The molecule has 0 aliphatic carbocycles. The van der Waals surface area contributed by atoms with E-state index in [1.807, 2.05) is 0 Å². The lowest BCUT2D eigenvalue weighted by Crippen LogP contribution is -2.29. The number of piperidine rings is 1. The van der Waals surface area contributed by atoms with Gasteiger partial charge in [-0.05, 0) is 43.9 Å². The van der Waals surface area contributed by atoms with Gasteiger partial charge >= 0.3 is 0 Å². The van der Waals surface area contributed by atoms with Crippen LogP contribution in [0, 0.1) is 12.7 Å². The first-order valence-corrected chi connectivity index (χ1v) is 12.2. The number of carbonyl (C=O) groups excluding carboxylic acids is 1. The Morgan fingerprint density at radius 3 is 2.84 bits per heavy atom. The fourth-order valence-electron chi connectivity index (χ4n) is 3.54. The summed E-state index contributed by atoms with van der Waals surface area (Å²) in [6.45, 7) is 7.68. The summed E-state index contributed by atoms with van der Waals surface area (Å²) in [5.74, 6) is -0.706. The monoisotopic (exact) mass is 473 g/mol. The molecule has 2 aromatic heterocycles. The molecule has 32 heavy (non-hydrogen) atoms. The van der Waals surface area contributed by atoms with Crippen LogP contribution in [0.4, 0.5) is 15.2 Å². The maximum absolute atomic E-state index is 13.5. The van der Waals surface area contributed by atoms with Crippen molar-refractivity contribution in [1.82, 2.24) is 14.5 Å². The zero-order valence-corrected chi connectivity index (χ0v) is 19.4. The molecule has 1 fully saturated rings. The number of nitrogens with one attached hydrogen (secondary N) is 1. The zero-order valence-electron chi connectivity index (χ0n) is 17.8. The van der Waals surface area contributed by atoms with Crippen molar-refractivity contribution in [3.63, 3.8) is 0 Å². The van der Waals surface area contributed by atoms with E-state index in [9.17, 15) is 14.0 Å². The Morgan fingerprint density at radius 1 is 1.31 bits per heavy atom. The van der Waals surface area contributed by atoms with Crippen LogP contribution in [0.2, 0.25) is 0 Å². The molecular weight excluding hydrogens is 449 g/mol. The van der Waals surface area contributed by atoms with E-state index in [-0.39, 0.29) is 23.8 Å². The van der Waals surface area contributed by atoms with Crippen molar-refractivity contribution in [2.75, 3.05) is 29.1 Å². The van der Waals surface area contributed by atoms with Crippen molar-refractivity contribution in [1.29, 1.82) is 0 Å². The molecule has 4 rings (SSSR count). The van der Waals surface area contributed by atoms with Gasteiger partial charge in [0.05, 0.1) is 5.75 Å². The Morgan fingerprint density at radius 2 is 2.09 bits per heavy atom. The molecule has 1 aliphatic rings. The van der Waals surface area contributed by atoms with E-state index in [0.717, 1.165) is 48.4 Å². The number of nitrogens with zero attached hydrogens (tertiary/aromatic N) is 4. The average molecular weight is 474 g/mol. The molecule has 10 heteroatoms. The van der Waals surface area contributed by atoms with E-state index < -0.39 is 5.82 Å². The first-order chi connectivity index (χ1) is 15.5. The van der Waals surface area contributed by atoms with Gasteiger partial charge < -0.3 is 10.2 Å². The summed E-state index contributed by atoms with van der Waals surface area (Å²) >= 11 is 2.52. The second-order valence-electron chi connectivity index (χ2n) is 7.59. The van der Waals surface area contributed by atoms with E-state index in [4.69, 9.17) is 0 Å². The number of amides is 1. The summed E-state index contributed by atoms with van der Waals surface area (Å²) < 4.78 is 15.5. The standard InChI is InChI=1S/C22H24FN5O2S2/c1-3-9-28-20(30)18-19(25-21(32-18)27-10-5-4-6-11-27)26-22(28)31-13-17(29)24-16-12-15(23)8-7-14(16)2/h3,7-8,12H,1,4-6,9-11,13H2,2H3,(H,24,29). The molecule has 1 aliphatic heterocycles. The summed E-state index contributed by atoms with van der Waals surface area (Å²) in [6.07, 6.45) is 5.07. The minimum Gasteiger partial charge on any atom is -0.348 e. The molecule has 1 amide bonds. The number of rotatable bonds is 7. The van der Waals surface area contributed by atoms with E-state index in [2.05, 4.69) is 26.8 Å². The number of thioether (sulfide) groups is 1. The number of benzene rings is 1. The molecule has 168 valence electrons. The van der Waals surface area contributed by atoms with Gasteiger partial charge in [-0.1, -0.05) is 35.2 Å². The van der Waals surface area contributed by atoms with E-state index in [1.165, 1.54) is 34.5 Å². The van der Waals surface area contributed by atoms with Crippen LogP contribution in [0.1, 0.15) is 24.8 Å². The van der Waals surface area contributed by atoms with Gasteiger partial charge in [0.1, 0.15) is 10.5 Å². The summed E-state index contributed by atoms with van der Waals surface area (Å²) in [5, 5.41) is 3.94. The third-order valence-corrected chi connectivity index (χ3v) is 7.28. The molecule has 3 aromatic rings. The fourth-order valence-corrected chi connectivity index (χ4v) is 5.35. The molecule has 0 atom stereocenters. The topological polar surface area (TPSA) is 80.1 Å². The average Bonchev–Trinajstić information content (AvgIpc) is 3.22. The van der Waals surface area contributed by atoms with Crippen LogP contribution >= 0.6 is 23.1 Å². The van der Waals surface area contributed by atoms with Gasteiger partial charge in [0.25, 0.3) is 5.56 Å². The minimum atomic E-state index is -0.418. The summed E-state index contributed by atoms with van der Waals surface area (Å²) in [5.41, 5.74) is 1.41. The van der Waals surface area contributed by atoms with Crippen LogP contribution in [0.15, 0.2) is 40.8 Å². The number of hydrogen-bond acceptors (Lipinski definition) is 7. The van der Waals surface area contributed by atoms with Crippen LogP contribution in [0.5, 0.6) is 0 Å². The number of fused-ring (bicyclic) bond motifs is 1. The predicted octanol–water partition coefficient (Wildman–Crippen LogP) is 4.21. The quantitative estimate of drug-likeness (QED) is 0.315. The molecule has 0 radical (unpaired) electrons. The van der Waals surface area contributed by atoms with Crippen LogP contribution < -0.4 is 15.8 Å². The highest BCUT2D eigenvalue weighted by Crippen LogP contribution is 2.29. The fraction of sp³-hybridized carbons (Fsp3) is 0.364. The van der Waals surface area contributed by atoms with E-state index in [1.54, 1.807) is 19.1 Å². The number of aromatic nitrogens is 3. The Balaban J connectivity index is 1.57. The Labute approximate surface area is 193 Å². The smallest absolute Gasteiger partial charge is 0.274 e. The summed E-state index contributed by atoms with van der Waals surface area (Å²) in [7, 11) is 0. The lowest BCUT2D eigenvalue weighted by atomic mass is 10.1. The molecule has 0 unspecified atom stereocenters. The number of hydrogen-bond donors (Lipinski definition) is 1. The zero-order chi connectivity index (χ0) is 22.7. The second-order valence-corrected chi connectivity index (χ2v) is 9.51. The molecule has 3 heterocycles. The largest absolute Gasteiger partial charge is 0.348 e. The number of aryl methyl sites for hydroxylation is 1. The number of thiazole rings is 1. The highest BCUT2D eigenvalue weighted by Gasteiger charge is 2.20. The Hall–Kier alpha value is -2.72. The molecule has 1 saturated heterocycles. The SMILES string of the molecule is C=CCn1c(SCC(=O)Nc2cc(F)ccc2C)nc2nc(N3CCCCC3)sc2c1=O. The van der Waals surface area contributed by atoms with Crippen molar-refractivity contribution in [3.05, 3.63) is 52.6 Å². The van der Waals surface area contributed by atoms with Gasteiger partial charge in [-0.2, -0.15) is 4.98 Å². The number of carbonyl (C=O) groups is 1. The van der Waals surface area contributed by atoms with Crippen molar-refractivity contribution in [3.8, 4) is 0 Å². The van der Waals surface area contributed by atoms with Gasteiger partial charge in [-0.15, -0.1) is 6.58 Å². The first kappa shape index (κ1) is 22.5. The van der Waals surface area contributed by atoms with E-state index in [0.29, 0.717) is 21.2 Å². The van der Waals surface area contributed by atoms with Crippen molar-refractivity contribution < 1.29 is 9.18 Å². The molecule has 0 bridgehead atoms. The highest BCUT2D eigenvalue weighted by atomic mass is 32.2. The van der Waals surface area contributed by atoms with Crippen molar-refractivity contribution in [2.24, 2.45) is 0 Å². The lowest BCUT2D eigenvalue weighted by molar-refractivity contribution is -0.113. The Kier molecular flexibility index (Phi) is 6.90. The maximum Gasteiger partial charge on any atom is 0.274 e. The molecule has 7 nitrogen and oxygen atoms in total. The van der Waals surface area contributed by atoms with Gasteiger partial charge in [-0.3, -0.25) is 14.2 Å². The minimum absolute atomic E-state index is 0.0220. The molecule has 1 aromatic carbocycles. The number of allylic oxidation sites excluding steroid dienone is 1. The van der Waals surface area contributed by atoms with Gasteiger partial charge in [-0.25, -0.2) is 9.37 Å². The third-order valence-electron chi connectivity index (χ3n) is 5.21. The lowest BCUT2D eigenvalue weighted by Gasteiger charge is -2.25. The molecular formula is C22H24FN5O2S2. The maximum atomic E-state index is 13.5. The first-order valence-electron chi connectivity index (χ1n) is 10.4. The number of halogens is 1. The summed E-state index contributed by atoms with van der Waals surface area (Å²) in [6, 6.07) is 4.24. The normalized spacial score (nSPS) is 14.0. The van der Waals surface area contributed by atoms with Crippen LogP contribution in [0.25, 0.3) is 10.3 Å². The van der Waals surface area contributed by atoms with Gasteiger partial charge in [0, 0.05) is 25.3 Å². The van der Waals surface area contributed by atoms with Crippen LogP contribution in [-0.2, 0) is 11.3 Å². The summed E-state index contributed by atoms with van der Waals surface area (Å²) in [4.78, 5) is 37.0. The molecule has 1 N–H and O–H groups in total. The van der Waals surface area contributed by atoms with E-state index >= 15 is 0 Å². The Bertz CT molecular complexity index is 1220. The highest BCUT2D eigenvalue weighted by molar-refractivity contribution is 7.99. The van der Waals surface area contributed by atoms with Crippen molar-refractivity contribution in [2.45, 2.75) is 37.9 Å². The predicted molar refractivity (Wildman–Crippen MR) is 128 cm³/mol. The second kappa shape index (κ2) is 9.83. The molecule has 0 spiro atoms. The number of anilines is 2. The molecule has 0 saturated carbocycles. The van der Waals surface area contributed by atoms with Crippen LogP contribution in [-0.4, -0.2) is 39.3 Å². The van der Waals surface area contributed by atoms with Gasteiger partial charge in [0.15, 0.2) is 15.9 Å². The van der Waals surface area contributed by atoms with Gasteiger partial charge in [0.2, 0.25) is 5.91 Å².